The summed E-state index contributed by atoms with van der Waals surface area (Å²) in [5, 5.41) is 9.36. The molecule has 7 heteroatoms. The van der Waals surface area contributed by atoms with Crippen LogP contribution in [0.2, 0.25) is 0 Å². The van der Waals surface area contributed by atoms with E-state index >= 15 is 0 Å². The highest BCUT2D eigenvalue weighted by atomic mass is 19.4. The smallest absolute Gasteiger partial charge is 0.417 e. The Labute approximate surface area is 190 Å². The fourth-order valence-corrected chi connectivity index (χ4v) is 3.62. The molecule has 0 aliphatic carbocycles. The third-order valence-corrected chi connectivity index (χ3v) is 5.46. The van der Waals surface area contributed by atoms with Gasteiger partial charge in [0.2, 0.25) is 0 Å². The Morgan fingerprint density at radius 1 is 1.06 bits per heavy atom. The van der Waals surface area contributed by atoms with Crippen molar-refractivity contribution in [2.75, 3.05) is 6.61 Å². The van der Waals surface area contributed by atoms with Gasteiger partial charge in [0, 0.05) is 0 Å². The molecule has 0 spiro atoms. The van der Waals surface area contributed by atoms with E-state index in [2.05, 4.69) is 0 Å². The van der Waals surface area contributed by atoms with Crippen molar-refractivity contribution in [2.45, 2.75) is 46.3 Å². The average molecular weight is 454 g/mol. The van der Waals surface area contributed by atoms with Gasteiger partial charge in [-0.05, 0) is 67.3 Å². The van der Waals surface area contributed by atoms with Gasteiger partial charge in [-0.1, -0.05) is 37.1 Å². The molecule has 0 atom stereocenters. The van der Waals surface area contributed by atoms with Crippen LogP contribution in [0.3, 0.4) is 0 Å². The Morgan fingerprint density at radius 2 is 1.76 bits per heavy atom. The maximum atomic E-state index is 13.7. The number of aromatic nitrogens is 1. The maximum Gasteiger partial charge on any atom is 0.417 e. The second kappa shape index (κ2) is 9.95. The van der Waals surface area contributed by atoms with E-state index in [1.807, 2.05) is 39.0 Å². The van der Waals surface area contributed by atoms with E-state index in [0.717, 1.165) is 35.6 Å². The zero-order valence-corrected chi connectivity index (χ0v) is 18.8. The number of benzene rings is 2. The normalized spacial score (nSPS) is 11.3. The number of hydrogen-bond donors (Lipinski definition) is 0. The zero-order chi connectivity index (χ0) is 24.2. The molecule has 0 saturated carbocycles. The third-order valence-electron chi connectivity index (χ3n) is 5.46. The molecule has 0 amide bonds. The Morgan fingerprint density at radius 3 is 2.33 bits per heavy atom. The van der Waals surface area contributed by atoms with Gasteiger partial charge in [0.25, 0.3) is 5.56 Å². The van der Waals surface area contributed by atoms with Crippen molar-refractivity contribution in [2.24, 2.45) is 0 Å². The highest BCUT2D eigenvalue weighted by Gasteiger charge is 2.36. The van der Waals surface area contributed by atoms with Crippen molar-refractivity contribution in [3.05, 3.63) is 86.7 Å². The lowest BCUT2D eigenvalue weighted by atomic mass is 10.0. The molecule has 0 aliphatic heterocycles. The molecule has 33 heavy (non-hydrogen) atoms. The van der Waals surface area contributed by atoms with Gasteiger partial charge in [-0.3, -0.25) is 4.79 Å². The maximum absolute atomic E-state index is 13.7. The number of alkyl halides is 3. The first-order valence-electron chi connectivity index (χ1n) is 10.7. The van der Waals surface area contributed by atoms with Gasteiger partial charge in [0.05, 0.1) is 24.4 Å². The fraction of sp³-hybridized carbons (Fsp3) is 0.308. The van der Waals surface area contributed by atoms with Crippen LogP contribution < -0.4 is 10.3 Å². The minimum Gasteiger partial charge on any atom is -0.494 e. The molecule has 4 nitrogen and oxygen atoms in total. The summed E-state index contributed by atoms with van der Waals surface area (Å²) >= 11 is 0. The summed E-state index contributed by atoms with van der Waals surface area (Å²) in [7, 11) is 0. The Hall–Kier alpha value is -3.53. The number of pyridine rings is 1. The van der Waals surface area contributed by atoms with E-state index in [0.29, 0.717) is 17.9 Å². The lowest BCUT2D eigenvalue weighted by Gasteiger charge is -2.19. The van der Waals surface area contributed by atoms with Crippen LogP contribution in [-0.2, 0) is 12.7 Å². The first-order chi connectivity index (χ1) is 15.7. The van der Waals surface area contributed by atoms with E-state index in [-0.39, 0.29) is 12.2 Å². The molecule has 1 aromatic heterocycles. The lowest BCUT2D eigenvalue weighted by molar-refractivity contribution is -0.137. The van der Waals surface area contributed by atoms with Crippen molar-refractivity contribution in [1.82, 2.24) is 4.57 Å². The minimum atomic E-state index is -4.83. The number of ether oxygens (including phenoxy) is 1. The number of hydrogen-bond acceptors (Lipinski definition) is 3. The third kappa shape index (κ3) is 5.46. The molecule has 0 fully saturated rings. The highest BCUT2D eigenvalue weighted by molar-refractivity contribution is 5.63. The lowest BCUT2D eigenvalue weighted by Crippen LogP contribution is -2.29. The quantitative estimate of drug-likeness (QED) is 0.397. The summed E-state index contributed by atoms with van der Waals surface area (Å²) < 4.78 is 48.0. The predicted molar refractivity (Wildman–Crippen MR) is 121 cm³/mol. The predicted octanol–water partition coefficient (Wildman–Crippen LogP) is 6.25. The van der Waals surface area contributed by atoms with Crippen molar-refractivity contribution in [3.63, 3.8) is 0 Å². The number of nitrogens with zero attached hydrogens (tertiary/aromatic N) is 2. The molecular formula is C26H25F3N2O2. The number of unbranched alkanes of at least 4 members (excludes halogenated alkanes) is 1. The van der Waals surface area contributed by atoms with Crippen molar-refractivity contribution >= 4 is 0 Å². The molecule has 0 aliphatic rings. The Bertz CT molecular complexity index is 1240. The summed E-state index contributed by atoms with van der Waals surface area (Å²) in [6, 6.07) is 14.6. The van der Waals surface area contributed by atoms with Crippen LogP contribution in [-0.4, -0.2) is 11.2 Å². The van der Waals surface area contributed by atoms with E-state index in [1.165, 1.54) is 10.6 Å². The summed E-state index contributed by atoms with van der Waals surface area (Å²) in [6.07, 6.45) is -2.96. The molecule has 0 unspecified atom stereocenters. The number of rotatable bonds is 7. The Balaban J connectivity index is 2.17. The molecule has 172 valence electrons. The molecule has 3 rings (SSSR count). The van der Waals surface area contributed by atoms with Gasteiger partial charge >= 0.3 is 6.18 Å². The van der Waals surface area contributed by atoms with Gasteiger partial charge in [0.1, 0.15) is 17.4 Å². The van der Waals surface area contributed by atoms with Crippen molar-refractivity contribution < 1.29 is 17.9 Å². The topological polar surface area (TPSA) is 55.0 Å². The van der Waals surface area contributed by atoms with Crippen LogP contribution in [0, 0.1) is 25.2 Å². The van der Waals surface area contributed by atoms with Crippen LogP contribution in [0.15, 0.2) is 53.3 Å². The second-order valence-corrected chi connectivity index (χ2v) is 7.98. The van der Waals surface area contributed by atoms with Gasteiger partial charge < -0.3 is 9.30 Å². The molecule has 0 radical (unpaired) electrons. The molecule has 2 aromatic carbocycles. The van der Waals surface area contributed by atoms with Gasteiger partial charge in [0.15, 0.2) is 0 Å². The van der Waals surface area contributed by atoms with Crippen molar-refractivity contribution in [3.8, 4) is 23.1 Å². The summed E-state index contributed by atoms with van der Waals surface area (Å²) in [4.78, 5) is 13.1. The first kappa shape index (κ1) is 24.1. The molecule has 0 bridgehead atoms. The standard InChI is InChI=1S/C26H25F3N2O2/c1-4-5-12-33-21-10-8-19(9-11-21)24-14-23(26(27,28)29)22(15-30)25(32)31(24)16-20-7-6-17(2)13-18(20)3/h6-11,13-14H,4-5,12,16H2,1-3H3. The van der Waals surface area contributed by atoms with Gasteiger partial charge in [-0.25, -0.2) is 0 Å². The minimum absolute atomic E-state index is 0.0435. The monoisotopic (exact) mass is 454 g/mol. The van der Waals surface area contributed by atoms with Crippen LogP contribution >= 0.6 is 0 Å². The SMILES string of the molecule is CCCCOc1ccc(-c2cc(C(F)(F)F)c(C#N)c(=O)n2Cc2ccc(C)cc2C)cc1. The molecule has 0 saturated heterocycles. The average Bonchev–Trinajstić information content (AvgIpc) is 2.76. The molecule has 0 N–H and O–H groups in total. The Kier molecular flexibility index (Phi) is 7.27. The van der Waals surface area contributed by atoms with Crippen LogP contribution in [0.5, 0.6) is 5.75 Å². The van der Waals surface area contributed by atoms with Crippen molar-refractivity contribution in [1.29, 1.82) is 5.26 Å². The first-order valence-corrected chi connectivity index (χ1v) is 10.7. The van der Waals surface area contributed by atoms with E-state index in [1.54, 1.807) is 24.3 Å². The summed E-state index contributed by atoms with van der Waals surface area (Å²) in [6.45, 7) is 6.45. The largest absolute Gasteiger partial charge is 0.494 e. The summed E-state index contributed by atoms with van der Waals surface area (Å²) in [5.41, 5.74) is 0.137. The van der Waals surface area contributed by atoms with E-state index in [9.17, 15) is 23.2 Å². The van der Waals surface area contributed by atoms with E-state index < -0.39 is 22.9 Å². The molecular weight excluding hydrogens is 429 g/mol. The molecule has 1 heterocycles. The second-order valence-electron chi connectivity index (χ2n) is 7.98. The highest BCUT2D eigenvalue weighted by Crippen LogP contribution is 2.34. The van der Waals surface area contributed by atoms with Crippen LogP contribution in [0.1, 0.15) is 47.6 Å². The van der Waals surface area contributed by atoms with E-state index in [4.69, 9.17) is 4.74 Å². The number of aryl methyl sites for hydroxylation is 2. The van der Waals surface area contributed by atoms with Gasteiger partial charge in [-0.15, -0.1) is 0 Å². The number of halogens is 3. The zero-order valence-electron chi connectivity index (χ0n) is 18.8. The summed E-state index contributed by atoms with van der Waals surface area (Å²) in [5.74, 6) is 0.597. The molecule has 3 aromatic rings. The van der Waals surface area contributed by atoms with Crippen LogP contribution in [0.4, 0.5) is 13.2 Å². The number of nitriles is 1. The fourth-order valence-electron chi connectivity index (χ4n) is 3.62. The van der Waals surface area contributed by atoms with Gasteiger partial charge in [-0.2, -0.15) is 18.4 Å². The van der Waals surface area contributed by atoms with Crippen LogP contribution in [0.25, 0.3) is 11.3 Å².